The number of benzene rings is 1. The molecule has 0 bridgehead atoms. The molecule has 1 aromatic carbocycles. The Morgan fingerprint density at radius 2 is 1.79 bits per heavy atom. The first kappa shape index (κ1) is 26.0. The van der Waals surface area contributed by atoms with Gasteiger partial charge in [-0.25, -0.2) is 13.2 Å². The molecule has 3 N–H and O–H groups in total. The first-order valence-electron chi connectivity index (χ1n) is 9.74. The van der Waals surface area contributed by atoms with E-state index in [1.54, 1.807) is 19.2 Å². The Morgan fingerprint density at radius 1 is 1.15 bits per heavy atom. The number of carbonyl (C=O) groups is 2. The highest BCUT2D eigenvalue weighted by atomic mass is 32.2. The van der Waals surface area contributed by atoms with Crippen LogP contribution in [0.2, 0.25) is 0 Å². The van der Waals surface area contributed by atoms with Gasteiger partial charge in [-0.3, -0.25) is 9.52 Å². The molecule has 1 amide bonds. The van der Waals surface area contributed by atoms with Crippen LogP contribution < -0.4 is 15.4 Å². The third-order valence-corrected chi connectivity index (χ3v) is 5.54. The molecule has 0 aliphatic heterocycles. The van der Waals surface area contributed by atoms with Crippen LogP contribution in [0.1, 0.15) is 32.4 Å². The number of alkyl halides is 3. The average molecular weight is 492 g/mol. The summed E-state index contributed by atoms with van der Waals surface area (Å²) in [5.74, 6) is -2.50. The Bertz CT molecular complexity index is 1090. The Kier molecular flexibility index (Phi) is 7.95. The van der Waals surface area contributed by atoms with Crippen LogP contribution in [0.4, 0.5) is 24.7 Å². The predicted molar refractivity (Wildman–Crippen MR) is 111 cm³/mol. The van der Waals surface area contributed by atoms with Crippen molar-refractivity contribution in [1.82, 2.24) is 10.5 Å². The second kappa shape index (κ2) is 10.1. The number of nitrogens with one attached hydrogen (secondary N) is 3. The number of anilines is 2. The van der Waals surface area contributed by atoms with Crippen molar-refractivity contribution in [2.45, 2.75) is 50.3 Å². The highest BCUT2D eigenvalue weighted by Gasteiger charge is 2.63. The minimum absolute atomic E-state index is 0.0771. The van der Waals surface area contributed by atoms with E-state index in [-0.39, 0.29) is 35.8 Å². The second-order valence-corrected chi connectivity index (χ2v) is 8.53. The van der Waals surface area contributed by atoms with Crippen molar-refractivity contribution >= 4 is 33.4 Å². The molecule has 1 heterocycles. The van der Waals surface area contributed by atoms with Gasteiger partial charge in [-0.1, -0.05) is 12.1 Å². The van der Waals surface area contributed by atoms with Gasteiger partial charge in [0.25, 0.3) is 10.0 Å². The van der Waals surface area contributed by atoms with Crippen molar-refractivity contribution in [2.75, 3.05) is 16.6 Å². The SMILES string of the molecule is CCCC(=O)N[C@](Nc1ccc(S(=O)(=O)Nc2cc(C)on2)cc1)(C(=O)OCC)C(F)(F)F. The first-order chi connectivity index (χ1) is 15.3. The van der Waals surface area contributed by atoms with E-state index in [1.165, 1.54) is 13.0 Å². The van der Waals surface area contributed by atoms with Gasteiger partial charge in [0.2, 0.25) is 5.91 Å². The number of esters is 1. The molecule has 0 spiro atoms. The standard InChI is InChI=1S/C19H23F3N4O6S/c1-4-6-16(27)24-18(19(20,21)22,17(28)31-5-2)23-13-7-9-14(10-8-13)33(29,30)26-15-11-12(3)32-25-15/h7-11,23H,4-6H2,1-3H3,(H,24,27)(H,25,26)/t18-/m1/s1. The summed E-state index contributed by atoms with van der Waals surface area (Å²) < 4.78 is 78.6. The number of rotatable bonds is 10. The maximum absolute atomic E-state index is 14.0. The summed E-state index contributed by atoms with van der Waals surface area (Å²) in [6.45, 7) is 4.09. The zero-order valence-electron chi connectivity index (χ0n) is 17.9. The lowest BCUT2D eigenvalue weighted by molar-refractivity contribution is -0.207. The lowest BCUT2D eigenvalue weighted by Gasteiger charge is -2.35. The van der Waals surface area contributed by atoms with Gasteiger partial charge in [-0.2, -0.15) is 13.2 Å². The number of carbonyl (C=O) groups excluding carboxylic acids is 2. The van der Waals surface area contributed by atoms with Crippen LogP contribution in [0.25, 0.3) is 0 Å². The number of hydrogen-bond acceptors (Lipinski definition) is 8. The molecular weight excluding hydrogens is 469 g/mol. The van der Waals surface area contributed by atoms with E-state index in [9.17, 15) is 31.2 Å². The fraction of sp³-hybridized carbons (Fsp3) is 0.421. The molecule has 2 rings (SSSR count). The van der Waals surface area contributed by atoms with Crippen LogP contribution >= 0.6 is 0 Å². The summed E-state index contributed by atoms with van der Waals surface area (Å²) in [6, 6.07) is 5.38. The molecule has 182 valence electrons. The number of aryl methyl sites for hydroxylation is 1. The molecule has 0 saturated heterocycles. The van der Waals surface area contributed by atoms with Crippen molar-refractivity contribution in [3.8, 4) is 0 Å². The van der Waals surface area contributed by atoms with Gasteiger partial charge in [-0.05, 0) is 44.5 Å². The predicted octanol–water partition coefficient (Wildman–Crippen LogP) is 2.93. The fourth-order valence-electron chi connectivity index (χ4n) is 2.67. The van der Waals surface area contributed by atoms with Crippen LogP contribution in [0.5, 0.6) is 0 Å². The van der Waals surface area contributed by atoms with Gasteiger partial charge in [0.15, 0.2) is 5.82 Å². The third-order valence-electron chi connectivity index (χ3n) is 4.17. The number of nitrogens with zero attached hydrogens (tertiary/aromatic N) is 1. The van der Waals surface area contributed by atoms with Gasteiger partial charge in [0, 0.05) is 18.2 Å². The van der Waals surface area contributed by atoms with Gasteiger partial charge in [0.05, 0.1) is 11.5 Å². The van der Waals surface area contributed by atoms with Crippen LogP contribution in [0.15, 0.2) is 39.8 Å². The zero-order chi connectivity index (χ0) is 24.9. The monoisotopic (exact) mass is 492 g/mol. The molecule has 0 aliphatic carbocycles. The highest BCUT2D eigenvalue weighted by molar-refractivity contribution is 7.92. The molecule has 2 aromatic rings. The minimum Gasteiger partial charge on any atom is -0.463 e. The second-order valence-electron chi connectivity index (χ2n) is 6.84. The highest BCUT2D eigenvalue weighted by Crippen LogP contribution is 2.33. The summed E-state index contributed by atoms with van der Waals surface area (Å²) in [6.07, 6.45) is -5.31. The molecule has 1 aromatic heterocycles. The van der Waals surface area contributed by atoms with Crippen LogP contribution in [-0.4, -0.2) is 43.9 Å². The first-order valence-corrected chi connectivity index (χ1v) is 11.2. The maximum atomic E-state index is 14.0. The molecule has 33 heavy (non-hydrogen) atoms. The lowest BCUT2D eigenvalue weighted by atomic mass is 10.1. The van der Waals surface area contributed by atoms with Crippen molar-refractivity contribution in [2.24, 2.45) is 0 Å². The molecule has 0 unspecified atom stereocenters. The van der Waals surface area contributed by atoms with E-state index in [0.29, 0.717) is 5.76 Å². The van der Waals surface area contributed by atoms with Crippen LogP contribution in [-0.2, 0) is 24.3 Å². The number of halogens is 3. The largest absolute Gasteiger partial charge is 0.463 e. The Hall–Kier alpha value is -3.29. The quantitative estimate of drug-likeness (QED) is 0.340. The van der Waals surface area contributed by atoms with E-state index < -0.39 is 33.7 Å². The molecule has 0 radical (unpaired) electrons. The average Bonchev–Trinajstić information content (AvgIpc) is 3.11. The van der Waals surface area contributed by atoms with E-state index in [4.69, 9.17) is 4.52 Å². The molecule has 14 heteroatoms. The number of hydrogen-bond donors (Lipinski definition) is 3. The fourth-order valence-corrected chi connectivity index (χ4v) is 3.66. The smallest absolute Gasteiger partial charge is 0.441 e. The Morgan fingerprint density at radius 3 is 2.27 bits per heavy atom. The summed E-state index contributed by atoms with van der Waals surface area (Å²) in [5, 5.41) is 7.15. The van der Waals surface area contributed by atoms with Crippen molar-refractivity contribution < 1.29 is 40.4 Å². The van der Waals surface area contributed by atoms with Gasteiger partial charge >= 0.3 is 17.8 Å². The van der Waals surface area contributed by atoms with Gasteiger partial charge in [0.1, 0.15) is 5.76 Å². The topological polar surface area (TPSA) is 140 Å². The van der Waals surface area contributed by atoms with Crippen molar-refractivity contribution in [3.63, 3.8) is 0 Å². The zero-order valence-corrected chi connectivity index (χ0v) is 18.8. The van der Waals surface area contributed by atoms with Gasteiger partial charge in [-0.15, -0.1) is 0 Å². The Balaban J connectivity index is 2.37. The number of ether oxygens (including phenoxy) is 1. The molecular formula is C19H23F3N4O6S. The molecule has 0 saturated carbocycles. The Labute approximate surface area is 187 Å². The normalized spacial score (nSPS) is 13.6. The summed E-state index contributed by atoms with van der Waals surface area (Å²) >= 11 is 0. The molecule has 0 aliphatic rings. The number of amides is 1. The lowest BCUT2D eigenvalue weighted by Crippen LogP contribution is -2.69. The third kappa shape index (κ3) is 6.15. The van der Waals surface area contributed by atoms with E-state index in [0.717, 1.165) is 24.3 Å². The maximum Gasteiger partial charge on any atom is 0.441 e. The summed E-state index contributed by atoms with van der Waals surface area (Å²) in [4.78, 5) is 24.1. The van der Waals surface area contributed by atoms with E-state index >= 15 is 0 Å². The summed E-state index contributed by atoms with van der Waals surface area (Å²) in [5.41, 5.74) is -3.88. The van der Waals surface area contributed by atoms with Gasteiger partial charge < -0.3 is 19.9 Å². The molecule has 1 atom stereocenters. The van der Waals surface area contributed by atoms with Crippen molar-refractivity contribution in [1.29, 1.82) is 0 Å². The van der Waals surface area contributed by atoms with E-state index in [1.807, 2.05) is 5.32 Å². The van der Waals surface area contributed by atoms with Crippen LogP contribution in [0.3, 0.4) is 0 Å². The van der Waals surface area contributed by atoms with Crippen molar-refractivity contribution in [3.05, 3.63) is 36.1 Å². The number of sulfonamides is 1. The van der Waals surface area contributed by atoms with Crippen LogP contribution in [0, 0.1) is 6.92 Å². The molecule has 10 nitrogen and oxygen atoms in total. The number of aromatic nitrogens is 1. The minimum atomic E-state index is -5.29. The molecule has 0 fully saturated rings. The van der Waals surface area contributed by atoms with E-state index in [2.05, 4.69) is 14.6 Å². The summed E-state index contributed by atoms with van der Waals surface area (Å²) in [7, 11) is -4.12.